The van der Waals surface area contributed by atoms with Crippen molar-refractivity contribution < 1.29 is 4.79 Å². The van der Waals surface area contributed by atoms with E-state index < -0.39 is 0 Å². The van der Waals surface area contributed by atoms with Gasteiger partial charge < -0.3 is 5.32 Å². The summed E-state index contributed by atoms with van der Waals surface area (Å²) in [5, 5.41) is 3.77. The van der Waals surface area contributed by atoms with E-state index in [0.717, 1.165) is 20.8 Å². The van der Waals surface area contributed by atoms with E-state index in [2.05, 4.69) is 26.3 Å². The van der Waals surface area contributed by atoms with E-state index in [1.807, 2.05) is 42.5 Å². The number of carbonyl (C=O) groups excluding carboxylic acids is 1. The normalized spacial score (nSPS) is 10.7. The first-order chi connectivity index (χ1) is 11.8. The van der Waals surface area contributed by atoms with Gasteiger partial charge in [0, 0.05) is 23.6 Å². The summed E-state index contributed by atoms with van der Waals surface area (Å²) in [7, 11) is 0. The molecule has 0 aliphatic rings. The SMILES string of the molecule is O=C(Nc1ccc(-c2nc3ccccc3s2)cc1)c1cnccn1. The number of para-hydroxylation sites is 1. The van der Waals surface area contributed by atoms with Crippen LogP contribution in [0.5, 0.6) is 0 Å². The molecule has 0 aliphatic heterocycles. The number of thiazole rings is 1. The number of nitrogens with one attached hydrogen (secondary N) is 1. The van der Waals surface area contributed by atoms with Crippen molar-refractivity contribution in [3.63, 3.8) is 0 Å². The van der Waals surface area contributed by atoms with E-state index in [0.29, 0.717) is 5.69 Å². The average molecular weight is 332 g/mol. The van der Waals surface area contributed by atoms with Crippen LogP contribution in [0.25, 0.3) is 20.8 Å². The van der Waals surface area contributed by atoms with Gasteiger partial charge in [-0.25, -0.2) is 9.97 Å². The molecule has 2 aromatic carbocycles. The van der Waals surface area contributed by atoms with Crippen molar-refractivity contribution >= 4 is 33.1 Å². The van der Waals surface area contributed by atoms with Crippen LogP contribution in [-0.4, -0.2) is 20.9 Å². The third-order valence-corrected chi connectivity index (χ3v) is 4.56. The topological polar surface area (TPSA) is 67.8 Å². The number of hydrogen-bond acceptors (Lipinski definition) is 5. The maximum Gasteiger partial charge on any atom is 0.275 e. The van der Waals surface area contributed by atoms with Gasteiger partial charge in [-0.1, -0.05) is 12.1 Å². The molecule has 0 fully saturated rings. The lowest BCUT2D eigenvalue weighted by molar-refractivity contribution is 0.102. The minimum absolute atomic E-state index is 0.282. The Morgan fingerprint density at radius 2 is 1.83 bits per heavy atom. The summed E-state index contributed by atoms with van der Waals surface area (Å²) in [6.07, 6.45) is 4.46. The highest BCUT2D eigenvalue weighted by Gasteiger charge is 2.09. The van der Waals surface area contributed by atoms with Gasteiger partial charge in [0.2, 0.25) is 0 Å². The van der Waals surface area contributed by atoms with E-state index in [1.54, 1.807) is 11.3 Å². The second-order valence-electron chi connectivity index (χ2n) is 5.11. The van der Waals surface area contributed by atoms with Gasteiger partial charge >= 0.3 is 0 Å². The van der Waals surface area contributed by atoms with Crippen LogP contribution >= 0.6 is 11.3 Å². The lowest BCUT2D eigenvalue weighted by atomic mass is 10.2. The van der Waals surface area contributed by atoms with Crippen molar-refractivity contribution in [2.45, 2.75) is 0 Å². The number of rotatable bonds is 3. The molecule has 24 heavy (non-hydrogen) atoms. The smallest absolute Gasteiger partial charge is 0.275 e. The van der Waals surface area contributed by atoms with Gasteiger partial charge in [-0.15, -0.1) is 11.3 Å². The number of nitrogens with zero attached hydrogens (tertiary/aromatic N) is 3. The fraction of sp³-hybridized carbons (Fsp3) is 0. The summed E-state index contributed by atoms with van der Waals surface area (Å²) in [5.41, 5.74) is 3.01. The van der Waals surface area contributed by atoms with Crippen molar-refractivity contribution in [3.8, 4) is 10.6 Å². The highest BCUT2D eigenvalue weighted by molar-refractivity contribution is 7.21. The Balaban J connectivity index is 1.55. The molecule has 0 bridgehead atoms. The second-order valence-corrected chi connectivity index (χ2v) is 6.14. The van der Waals surface area contributed by atoms with Crippen LogP contribution in [0.15, 0.2) is 67.1 Å². The molecule has 2 heterocycles. The molecule has 0 aliphatic carbocycles. The Kier molecular flexibility index (Phi) is 3.72. The quantitative estimate of drug-likeness (QED) is 0.615. The molecule has 116 valence electrons. The maximum absolute atomic E-state index is 12.1. The van der Waals surface area contributed by atoms with Crippen LogP contribution in [0.1, 0.15) is 10.5 Å². The van der Waals surface area contributed by atoms with E-state index in [-0.39, 0.29) is 11.6 Å². The van der Waals surface area contributed by atoms with Crippen LogP contribution in [0, 0.1) is 0 Å². The Morgan fingerprint density at radius 3 is 2.58 bits per heavy atom. The van der Waals surface area contributed by atoms with Gasteiger partial charge in [0.1, 0.15) is 10.7 Å². The number of aromatic nitrogens is 3. The highest BCUT2D eigenvalue weighted by atomic mass is 32.1. The zero-order valence-corrected chi connectivity index (χ0v) is 13.3. The zero-order chi connectivity index (χ0) is 16.4. The lowest BCUT2D eigenvalue weighted by Gasteiger charge is -2.05. The Morgan fingerprint density at radius 1 is 1.00 bits per heavy atom. The number of anilines is 1. The molecule has 2 aromatic heterocycles. The Hall–Kier alpha value is -3.12. The summed E-state index contributed by atoms with van der Waals surface area (Å²) < 4.78 is 1.16. The van der Waals surface area contributed by atoms with Gasteiger partial charge in [0.05, 0.1) is 16.4 Å². The van der Waals surface area contributed by atoms with E-state index in [9.17, 15) is 4.79 Å². The molecule has 0 saturated heterocycles. The van der Waals surface area contributed by atoms with E-state index in [1.165, 1.54) is 18.6 Å². The Bertz CT molecular complexity index is 963. The number of hydrogen-bond donors (Lipinski definition) is 1. The van der Waals surface area contributed by atoms with Crippen molar-refractivity contribution in [3.05, 3.63) is 72.8 Å². The summed E-state index contributed by atoms with van der Waals surface area (Å²) in [6.45, 7) is 0. The standard InChI is InChI=1S/C18H12N4OS/c23-17(15-11-19-9-10-20-15)21-13-7-5-12(6-8-13)18-22-14-3-1-2-4-16(14)24-18/h1-11H,(H,21,23). The molecular weight excluding hydrogens is 320 g/mol. The van der Waals surface area contributed by atoms with E-state index in [4.69, 9.17) is 0 Å². The van der Waals surface area contributed by atoms with Crippen LogP contribution in [-0.2, 0) is 0 Å². The molecule has 5 nitrogen and oxygen atoms in total. The van der Waals surface area contributed by atoms with Gasteiger partial charge in [0.25, 0.3) is 5.91 Å². The minimum atomic E-state index is -0.282. The molecule has 0 radical (unpaired) electrons. The lowest BCUT2D eigenvalue weighted by Crippen LogP contribution is -2.13. The number of carbonyl (C=O) groups is 1. The first kappa shape index (κ1) is 14.5. The van der Waals surface area contributed by atoms with Crippen molar-refractivity contribution in [1.29, 1.82) is 0 Å². The summed E-state index contributed by atoms with van der Waals surface area (Å²) in [4.78, 5) is 24.6. The fourth-order valence-electron chi connectivity index (χ4n) is 2.30. The fourth-order valence-corrected chi connectivity index (χ4v) is 3.27. The second kappa shape index (κ2) is 6.17. The minimum Gasteiger partial charge on any atom is -0.321 e. The molecule has 0 unspecified atom stereocenters. The molecule has 4 aromatic rings. The first-order valence-corrected chi connectivity index (χ1v) is 8.15. The van der Waals surface area contributed by atoms with Gasteiger partial charge in [0.15, 0.2) is 0 Å². The number of fused-ring (bicyclic) bond motifs is 1. The van der Waals surface area contributed by atoms with Crippen LogP contribution < -0.4 is 5.32 Å². The van der Waals surface area contributed by atoms with Gasteiger partial charge in [-0.3, -0.25) is 9.78 Å². The van der Waals surface area contributed by atoms with Crippen molar-refractivity contribution in [1.82, 2.24) is 15.0 Å². The largest absolute Gasteiger partial charge is 0.321 e. The van der Waals surface area contributed by atoms with E-state index >= 15 is 0 Å². The monoisotopic (exact) mass is 332 g/mol. The third kappa shape index (κ3) is 2.87. The molecule has 1 N–H and O–H groups in total. The van der Waals surface area contributed by atoms with Crippen molar-refractivity contribution in [2.75, 3.05) is 5.32 Å². The van der Waals surface area contributed by atoms with Crippen LogP contribution in [0.4, 0.5) is 5.69 Å². The molecular formula is C18H12N4OS. The predicted octanol–water partition coefficient (Wildman–Crippen LogP) is 4.01. The summed E-state index contributed by atoms with van der Waals surface area (Å²) in [5.74, 6) is -0.282. The first-order valence-electron chi connectivity index (χ1n) is 7.33. The predicted molar refractivity (Wildman–Crippen MR) is 95.0 cm³/mol. The molecule has 6 heteroatoms. The number of benzene rings is 2. The summed E-state index contributed by atoms with van der Waals surface area (Å²) in [6, 6.07) is 15.7. The van der Waals surface area contributed by atoms with Gasteiger partial charge in [-0.05, 0) is 36.4 Å². The molecule has 0 atom stereocenters. The average Bonchev–Trinajstić information content (AvgIpc) is 3.07. The molecule has 0 spiro atoms. The molecule has 1 amide bonds. The van der Waals surface area contributed by atoms with Crippen LogP contribution in [0.2, 0.25) is 0 Å². The summed E-state index contributed by atoms with van der Waals surface area (Å²) >= 11 is 1.65. The third-order valence-electron chi connectivity index (χ3n) is 3.48. The highest BCUT2D eigenvalue weighted by Crippen LogP contribution is 2.30. The van der Waals surface area contributed by atoms with Gasteiger partial charge in [-0.2, -0.15) is 0 Å². The maximum atomic E-state index is 12.1. The zero-order valence-electron chi connectivity index (χ0n) is 12.5. The number of amides is 1. The Labute approximate surface area is 142 Å². The molecule has 4 rings (SSSR count). The van der Waals surface area contributed by atoms with Crippen molar-refractivity contribution in [2.24, 2.45) is 0 Å². The van der Waals surface area contributed by atoms with Crippen LogP contribution in [0.3, 0.4) is 0 Å². The molecule has 0 saturated carbocycles.